The molecule has 1 unspecified atom stereocenters. The molecule has 0 spiro atoms. The van der Waals surface area contributed by atoms with E-state index in [4.69, 9.17) is 0 Å². The second-order valence-electron chi connectivity index (χ2n) is 17.3. The van der Waals surface area contributed by atoms with Crippen LogP contribution in [-0.2, 0) is 0 Å². The Morgan fingerprint density at radius 3 is 0.765 bits per heavy atom. The summed E-state index contributed by atoms with van der Waals surface area (Å²) in [5.74, 6) is 0.285. The van der Waals surface area contributed by atoms with Crippen molar-refractivity contribution in [2.24, 2.45) is 0 Å². The van der Waals surface area contributed by atoms with E-state index in [1.165, 1.54) is 66.9 Å². The molecule has 0 amide bonds. The van der Waals surface area contributed by atoms with Crippen molar-refractivity contribution in [2.75, 3.05) is 9.80 Å². The number of hydrogen-bond donors (Lipinski definition) is 0. The molecule has 0 fully saturated rings. The summed E-state index contributed by atoms with van der Waals surface area (Å²) in [5, 5.41) is 0. The monoisotopic (exact) mass is 870 g/mol. The predicted molar refractivity (Wildman–Crippen MR) is 288 cm³/mol. The molecule has 0 heterocycles. The van der Waals surface area contributed by atoms with Gasteiger partial charge in [-0.15, -0.1) is 0 Å². The fraction of sp³-hybridized carbons (Fsp3) is 0.0303. The molecule has 0 saturated carbocycles. The van der Waals surface area contributed by atoms with Crippen molar-refractivity contribution >= 4 is 28.4 Å². The van der Waals surface area contributed by atoms with E-state index >= 15 is 0 Å². The zero-order valence-corrected chi connectivity index (χ0v) is 37.8. The standard InChI is InChI=1S/C66H50N2/c1-5-13-49(14-6-1)55-25-37-61(38-26-55)67(62-39-27-56(28-40-62)50-15-7-2-8-16-50)65-45-33-59(34-46-65)53-21-23-54(24-22-53)60-35-47-66(48-36-60)68(63-41-29-57(30-42-63)51-17-9-3-10-18-51)64-43-31-58(32-44-64)52-19-11-4-12-20-52/h1-35,37-48,60H,36H2. The second-order valence-corrected chi connectivity index (χ2v) is 17.3. The minimum atomic E-state index is 0.285. The van der Waals surface area contributed by atoms with Crippen LogP contribution >= 0.6 is 0 Å². The van der Waals surface area contributed by atoms with Crippen molar-refractivity contribution in [3.05, 3.63) is 296 Å². The molecule has 324 valence electrons. The predicted octanol–water partition coefficient (Wildman–Crippen LogP) is 18.3. The Bertz CT molecular complexity index is 3100. The van der Waals surface area contributed by atoms with Crippen LogP contribution in [-0.4, -0.2) is 0 Å². The maximum atomic E-state index is 2.39. The molecule has 0 saturated heterocycles. The minimum Gasteiger partial charge on any atom is -0.311 e. The van der Waals surface area contributed by atoms with E-state index in [-0.39, 0.29) is 5.92 Å². The summed E-state index contributed by atoms with van der Waals surface area (Å²) >= 11 is 0. The van der Waals surface area contributed by atoms with Crippen molar-refractivity contribution in [3.63, 3.8) is 0 Å². The lowest BCUT2D eigenvalue weighted by Crippen LogP contribution is -2.17. The molecule has 0 aromatic heterocycles. The van der Waals surface area contributed by atoms with Gasteiger partial charge in [0.2, 0.25) is 0 Å². The second kappa shape index (κ2) is 19.4. The first-order valence-electron chi connectivity index (χ1n) is 23.5. The van der Waals surface area contributed by atoms with E-state index in [1.807, 2.05) is 0 Å². The highest BCUT2D eigenvalue weighted by Gasteiger charge is 2.20. The van der Waals surface area contributed by atoms with Gasteiger partial charge in [0.15, 0.2) is 0 Å². The zero-order chi connectivity index (χ0) is 45.5. The van der Waals surface area contributed by atoms with Crippen LogP contribution in [0.1, 0.15) is 17.9 Å². The molecule has 0 bridgehead atoms. The van der Waals surface area contributed by atoms with E-state index in [2.05, 4.69) is 295 Å². The summed E-state index contributed by atoms with van der Waals surface area (Å²) < 4.78 is 0. The highest BCUT2D eigenvalue weighted by Crippen LogP contribution is 2.40. The van der Waals surface area contributed by atoms with Crippen LogP contribution in [0.2, 0.25) is 0 Å². The molecule has 68 heavy (non-hydrogen) atoms. The number of hydrogen-bond acceptors (Lipinski definition) is 2. The van der Waals surface area contributed by atoms with Gasteiger partial charge in [0.25, 0.3) is 0 Å². The number of benzene rings is 10. The lowest BCUT2D eigenvalue weighted by atomic mass is 9.90. The Hall–Kier alpha value is -8.72. The fourth-order valence-electron chi connectivity index (χ4n) is 9.38. The van der Waals surface area contributed by atoms with E-state index in [1.54, 1.807) is 0 Å². The van der Waals surface area contributed by atoms with Gasteiger partial charge in [0.1, 0.15) is 0 Å². The van der Waals surface area contributed by atoms with Gasteiger partial charge in [-0.2, -0.15) is 0 Å². The number of rotatable bonds is 12. The average molecular weight is 871 g/mol. The third-order valence-electron chi connectivity index (χ3n) is 13.1. The third kappa shape index (κ3) is 9.09. The van der Waals surface area contributed by atoms with E-state index in [9.17, 15) is 0 Å². The Balaban J connectivity index is 0.829. The van der Waals surface area contributed by atoms with Crippen molar-refractivity contribution < 1.29 is 0 Å². The van der Waals surface area contributed by atoms with Crippen molar-refractivity contribution in [1.82, 2.24) is 0 Å². The minimum absolute atomic E-state index is 0.285. The van der Waals surface area contributed by atoms with Gasteiger partial charge in [-0.25, -0.2) is 0 Å². The Morgan fingerprint density at radius 1 is 0.250 bits per heavy atom. The maximum absolute atomic E-state index is 2.39. The number of nitrogens with zero attached hydrogens (tertiary/aromatic N) is 2. The van der Waals surface area contributed by atoms with E-state index < -0.39 is 0 Å². The molecule has 2 nitrogen and oxygen atoms in total. The molecule has 1 aliphatic rings. The van der Waals surface area contributed by atoms with E-state index in [0.717, 1.165) is 34.9 Å². The third-order valence-corrected chi connectivity index (χ3v) is 13.1. The molecule has 10 aromatic rings. The summed E-state index contributed by atoms with van der Waals surface area (Å²) in [6.45, 7) is 0. The van der Waals surface area contributed by atoms with E-state index in [0.29, 0.717) is 0 Å². The van der Waals surface area contributed by atoms with Gasteiger partial charge in [0.05, 0.1) is 0 Å². The SMILES string of the molecule is C1=CC(c2ccc(-c3ccc(N(c4ccc(-c5ccccc5)cc4)c4ccc(-c5ccccc5)cc4)cc3)cc2)CC=C1N(c1ccc(-c2ccccc2)cc1)c1ccc(-c2ccccc2)cc1. The van der Waals surface area contributed by atoms with Crippen LogP contribution in [0.15, 0.2) is 291 Å². The Kier molecular flexibility index (Phi) is 12.0. The molecular formula is C66H50N2. The molecule has 10 aromatic carbocycles. The summed E-state index contributed by atoms with van der Waals surface area (Å²) in [7, 11) is 0. The summed E-state index contributed by atoms with van der Waals surface area (Å²) in [6.07, 6.45) is 7.97. The van der Waals surface area contributed by atoms with Crippen LogP contribution in [0.3, 0.4) is 0 Å². The van der Waals surface area contributed by atoms with Crippen molar-refractivity contribution in [2.45, 2.75) is 12.3 Å². The average Bonchev–Trinajstić information content (AvgIpc) is 3.43. The Morgan fingerprint density at radius 2 is 0.500 bits per heavy atom. The molecule has 11 rings (SSSR count). The van der Waals surface area contributed by atoms with Gasteiger partial charge in [0, 0.05) is 40.1 Å². The van der Waals surface area contributed by atoms with Crippen LogP contribution in [0.5, 0.6) is 0 Å². The fourth-order valence-corrected chi connectivity index (χ4v) is 9.38. The van der Waals surface area contributed by atoms with Gasteiger partial charge >= 0.3 is 0 Å². The highest BCUT2D eigenvalue weighted by molar-refractivity contribution is 5.82. The smallest absolute Gasteiger partial charge is 0.0462 e. The number of anilines is 5. The summed E-state index contributed by atoms with van der Waals surface area (Å²) in [5.41, 5.74) is 20.1. The van der Waals surface area contributed by atoms with Gasteiger partial charge < -0.3 is 9.80 Å². The molecule has 1 atom stereocenters. The molecule has 0 aliphatic heterocycles. The largest absolute Gasteiger partial charge is 0.311 e. The van der Waals surface area contributed by atoms with Crippen LogP contribution < -0.4 is 9.80 Å². The summed E-state index contributed by atoms with van der Waals surface area (Å²) in [4.78, 5) is 4.72. The first-order chi connectivity index (χ1) is 33.7. The summed E-state index contributed by atoms with van der Waals surface area (Å²) in [6, 6.07) is 96.1. The molecule has 1 aliphatic carbocycles. The normalized spacial score (nSPS) is 13.1. The van der Waals surface area contributed by atoms with Crippen LogP contribution in [0.4, 0.5) is 28.4 Å². The van der Waals surface area contributed by atoms with Crippen LogP contribution in [0, 0.1) is 0 Å². The van der Waals surface area contributed by atoms with Crippen LogP contribution in [0.25, 0.3) is 55.6 Å². The lowest BCUT2D eigenvalue weighted by Gasteiger charge is -2.29. The molecular weight excluding hydrogens is 821 g/mol. The molecule has 0 N–H and O–H groups in total. The number of allylic oxidation sites excluding steroid dienone is 3. The first-order valence-corrected chi connectivity index (χ1v) is 23.5. The quantitative estimate of drug-likeness (QED) is 0.121. The van der Waals surface area contributed by atoms with Crippen molar-refractivity contribution in [3.8, 4) is 55.6 Å². The van der Waals surface area contributed by atoms with Gasteiger partial charge in [-0.3, -0.25) is 0 Å². The molecule has 0 radical (unpaired) electrons. The Labute approximate surface area is 400 Å². The lowest BCUT2D eigenvalue weighted by molar-refractivity contribution is 0.840. The first kappa shape index (κ1) is 41.9. The zero-order valence-electron chi connectivity index (χ0n) is 37.8. The van der Waals surface area contributed by atoms with Gasteiger partial charge in [-0.05, 0) is 134 Å². The maximum Gasteiger partial charge on any atom is 0.0462 e. The highest BCUT2D eigenvalue weighted by atomic mass is 15.1. The van der Waals surface area contributed by atoms with Crippen molar-refractivity contribution in [1.29, 1.82) is 0 Å². The topological polar surface area (TPSA) is 6.48 Å². The van der Waals surface area contributed by atoms with Gasteiger partial charge in [-0.1, -0.05) is 218 Å². The molecule has 2 heteroatoms.